The summed E-state index contributed by atoms with van der Waals surface area (Å²) in [5, 5.41) is 12.9. The van der Waals surface area contributed by atoms with Gasteiger partial charge in [-0.1, -0.05) is 17.3 Å². The van der Waals surface area contributed by atoms with Crippen LogP contribution in [0.5, 0.6) is 0 Å². The number of nitriles is 1. The van der Waals surface area contributed by atoms with E-state index in [1.165, 1.54) is 5.56 Å². The lowest BCUT2D eigenvalue weighted by molar-refractivity contribution is 0.142. The highest BCUT2D eigenvalue weighted by atomic mass is 16.5. The molecule has 1 aliphatic rings. The second-order valence-corrected chi connectivity index (χ2v) is 6.31. The molecule has 0 spiro atoms. The van der Waals surface area contributed by atoms with E-state index in [1.54, 1.807) is 14.2 Å². The Hall–Kier alpha value is -2.27. The highest BCUT2D eigenvalue weighted by molar-refractivity contribution is 5.31. The van der Waals surface area contributed by atoms with Crippen molar-refractivity contribution in [3.8, 4) is 6.07 Å². The molecule has 2 atom stereocenters. The van der Waals surface area contributed by atoms with Crippen LogP contribution >= 0.6 is 0 Å². The molecule has 1 fully saturated rings. The molecule has 0 unspecified atom stereocenters. The summed E-state index contributed by atoms with van der Waals surface area (Å²) in [5.41, 5.74) is 1.86. The molecule has 0 amide bonds. The minimum absolute atomic E-state index is 0.149. The van der Waals surface area contributed by atoms with Crippen molar-refractivity contribution >= 4 is 0 Å². The van der Waals surface area contributed by atoms with Gasteiger partial charge in [-0.3, -0.25) is 4.90 Å². The van der Waals surface area contributed by atoms with Crippen LogP contribution in [0.2, 0.25) is 0 Å². The van der Waals surface area contributed by atoms with Crippen molar-refractivity contribution in [3.05, 3.63) is 47.1 Å². The summed E-state index contributed by atoms with van der Waals surface area (Å²) in [6.45, 7) is 3.56. The molecule has 2 heterocycles. The first-order valence-electron chi connectivity index (χ1n) is 8.25. The maximum Gasteiger partial charge on any atom is 0.231 e. The van der Waals surface area contributed by atoms with E-state index < -0.39 is 0 Å². The Morgan fingerprint density at radius 3 is 2.72 bits per heavy atom. The molecule has 0 saturated carbocycles. The topological polar surface area (TPSA) is 84.4 Å². The number of hydrogen-bond donors (Lipinski definition) is 0. The van der Waals surface area contributed by atoms with E-state index in [2.05, 4.69) is 21.1 Å². The molecule has 3 rings (SSSR count). The highest BCUT2D eigenvalue weighted by Crippen LogP contribution is 2.33. The normalized spacial score (nSPS) is 20.7. The van der Waals surface area contributed by atoms with Crippen LogP contribution in [-0.4, -0.2) is 49.0 Å². The van der Waals surface area contributed by atoms with Gasteiger partial charge in [0.15, 0.2) is 5.82 Å². The van der Waals surface area contributed by atoms with Crippen LogP contribution in [-0.2, 0) is 22.6 Å². The molecule has 0 bridgehead atoms. The zero-order valence-electron chi connectivity index (χ0n) is 14.5. The number of likely N-dealkylation sites (tertiary alicyclic amines) is 1. The van der Waals surface area contributed by atoms with Crippen molar-refractivity contribution in [3.63, 3.8) is 0 Å². The van der Waals surface area contributed by atoms with Gasteiger partial charge in [-0.25, -0.2) is 0 Å². The quantitative estimate of drug-likeness (QED) is 0.760. The van der Waals surface area contributed by atoms with E-state index in [9.17, 15) is 0 Å². The summed E-state index contributed by atoms with van der Waals surface area (Å²) in [6, 6.07) is 9.85. The van der Waals surface area contributed by atoms with Crippen molar-refractivity contribution in [2.45, 2.75) is 19.1 Å². The minimum atomic E-state index is 0.149. The summed E-state index contributed by atoms with van der Waals surface area (Å²) >= 11 is 0. The van der Waals surface area contributed by atoms with E-state index in [0.29, 0.717) is 36.4 Å². The third-order valence-electron chi connectivity index (χ3n) is 4.46. The maximum atomic E-state index is 8.90. The number of methoxy groups -OCH3 is 2. The Kier molecular flexibility index (Phi) is 5.76. The van der Waals surface area contributed by atoms with Crippen LogP contribution in [0.1, 0.15) is 28.8 Å². The molecular formula is C18H22N4O3. The molecule has 1 aliphatic heterocycles. The summed E-state index contributed by atoms with van der Waals surface area (Å²) in [5.74, 6) is 1.67. The first-order valence-corrected chi connectivity index (χ1v) is 8.25. The summed E-state index contributed by atoms with van der Waals surface area (Å²) in [7, 11) is 3.32. The summed E-state index contributed by atoms with van der Waals surface area (Å²) in [6.07, 6.45) is 0. The van der Waals surface area contributed by atoms with E-state index in [1.807, 2.05) is 24.3 Å². The van der Waals surface area contributed by atoms with Crippen molar-refractivity contribution in [1.82, 2.24) is 15.0 Å². The number of nitrogens with zero attached hydrogens (tertiary/aromatic N) is 4. The number of ether oxygens (including phenoxy) is 2. The van der Waals surface area contributed by atoms with Gasteiger partial charge in [-0.15, -0.1) is 0 Å². The molecule has 1 aromatic carbocycles. The van der Waals surface area contributed by atoms with Crippen molar-refractivity contribution in [2.24, 2.45) is 5.92 Å². The van der Waals surface area contributed by atoms with Gasteiger partial charge in [-0.2, -0.15) is 10.2 Å². The van der Waals surface area contributed by atoms with Crippen LogP contribution in [0.15, 0.2) is 28.8 Å². The lowest BCUT2D eigenvalue weighted by Crippen LogP contribution is -2.21. The van der Waals surface area contributed by atoms with E-state index in [0.717, 1.165) is 19.6 Å². The third kappa shape index (κ3) is 4.23. The van der Waals surface area contributed by atoms with E-state index in [-0.39, 0.29) is 5.92 Å². The fourth-order valence-electron chi connectivity index (χ4n) is 3.30. The van der Waals surface area contributed by atoms with E-state index >= 15 is 0 Å². The lowest BCUT2D eigenvalue weighted by atomic mass is 9.97. The number of benzene rings is 1. The van der Waals surface area contributed by atoms with Crippen LogP contribution in [0.25, 0.3) is 0 Å². The van der Waals surface area contributed by atoms with Crippen molar-refractivity contribution < 1.29 is 14.0 Å². The number of rotatable bonds is 7. The average molecular weight is 342 g/mol. The Labute approximate surface area is 147 Å². The zero-order valence-corrected chi connectivity index (χ0v) is 14.5. The van der Waals surface area contributed by atoms with Gasteiger partial charge in [0.25, 0.3) is 0 Å². The van der Waals surface area contributed by atoms with Crippen molar-refractivity contribution in [2.75, 3.05) is 33.9 Å². The summed E-state index contributed by atoms with van der Waals surface area (Å²) in [4.78, 5) is 6.81. The molecule has 2 aromatic rings. The minimum Gasteiger partial charge on any atom is -0.384 e. The van der Waals surface area contributed by atoms with Crippen LogP contribution in [0, 0.1) is 17.2 Å². The number of aromatic nitrogens is 2. The average Bonchev–Trinajstić information content (AvgIpc) is 3.23. The fourth-order valence-corrected chi connectivity index (χ4v) is 3.30. The molecular weight excluding hydrogens is 320 g/mol. The smallest absolute Gasteiger partial charge is 0.231 e. The molecule has 7 heteroatoms. The van der Waals surface area contributed by atoms with Gasteiger partial charge in [0.05, 0.1) is 24.2 Å². The predicted octanol–water partition coefficient (Wildman–Crippen LogP) is 1.95. The van der Waals surface area contributed by atoms with Gasteiger partial charge in [0.1, 0.15) is 6.61 Å². The Morgan fingerprint density at radius 2 is 2.04 bits per heavy atom. The highest BCUT2D eigenvalue weighted by Gasteiger charge is 2.37. The Balaban J connectivity index is 1.69. The second kappa shape index (κ2) is 8.21. The monoisotopic (exact) mass is 342 g/mol. The molecule has 0 aliphatic carbocycles. The SMILES string of the molecule is COCc1noc([C@@H]2CN(Cc3ccc(C#N)cc3)C[C@H]2COC)n1. The second-order valence-electron chi connectivity index (χ2n) is 6.31. The van der Waals surface area contributed by atoms with E-state index in [4.69, 9.17) is 19.3 Å². The first kappa shape index (κ1) is 17.5. The number of hydrogen-bond acceptors (Lipinski definition) is 7. The molecule has 0 N–H and O–H groups in total. The van der Waals surface area contributed by atoms with Gasteiger partial charge in [0, 0.05) is 39.8 Å². The zero-order chi connectivity index (χ0) is 17.6. The van der Waals surface area contributed by atoms with Crippen LogP contribution in [0.3, 0.4) is 0 Å². The maximum absolute atomic E-state index is 8.90. The molecule has 1 saturated heterocycles. The summed E-state index contributed by atoms with van der Waals surface area (Å²) < 4.78 is 15.9. The van der Waals surface area contributed by atoms with Crippen molar-refractivity contribution in [1.29, 1.82) is 5.26 Å². The largest absolute Gasteiger partial charge is 0.384 e. The van der Waals surface area contributed by atoms with Crippen LogP contribution in [0.4, 0.5) is 0 Å². The lowest BCUT2D eigenvalue weighted by Gasteiger charge is -2.15. The third-order valence-corrected chi connectivity index (χ3v) is 4.46. The predicted molar refractivity (Wildman–Crippen MR) is 89.6 cm³/mol. The molecule has 132 valence electrons. The van der Waals surface area contributed by atoms with Gasteiger partial charge in [0.2, 0.25) is 5.89 Å². The molecule has 0 radical (unpaired) electrons. The molecule has 25 heavy (non-hydrogen) atoms. The fraction of sp³-hybridized carbons (Fsp3) is 0.500. The van der Waals surface area contributed by atoms with Gasteiger partial charge >= 0.3 is 0 Å². The molecule has 1 aromatic heterocycles. The van der Waals surface area contributed by atoms with Gasteiger partial charge < -0.3 is 14.0 Å². The molecule has 7 nitrogen and oxygen atoms in total. The standard InChI is InChI=1S/C18H22N4O3/c1-23-11-15-9-22(8-14-5-3-13(7-19)4-6-14)10-16(15)18-20-17(12-24-2)21-25-18/h3-6,15-16H,8-12H2,1-2H3/t15-,16+/m0/s1. The van der Waals surface area contributed by atoms with Crippen LogP contribution < -0.4 is 0 Å². The Morgan fingerprint density at radius 1 is 1.24 bits per heavy atom. The van der Waals surface area contributed by atoms with Gasteiger partial charge in [-0.05, 0) is 17.7 Å². The Bertz CT molecular complexity index is 723. The first-order chi connectivity index (χ1) is 12.2.